The van der Waals surface area contributed by atoms with Crippen molar-refractivity contribution in [3.63, 3.8) is 0 Å². The van der Waals surface area contributed by atoms with Crippen LogP contribution in [-0.4, -0.2) is 18.6 Å². The number of nitrogens with one attached hydrogen (secondary N) is 1. The Hall–Kier alpha value is -0.0800. The fourth-order valence-corrected chi connectivity index (χ4v) is 2.04. The Labute approximate surface area is 95.0 Å². The molecule has 0 heterocycles. The highest BCUT2D eigenvalue weighted by Gasteiger charge is 2.35. The second-order valence-corrected chi connectivity index (χ2v) is 6.11. The predicted octanol–water partition coefficient (Wildman–Crippen LogP) is 2.53. The summed E-state index contributed by atoms with van der Waals surface area (Å²) in [7, 11) is 0. The molecule has 1 fully saturated rings. The third-order valence-corrected chi connectivity index (χ3v) is 3.56. The molecule has 0 aromatic heterocycles. The normalized spacial score (nSPS) is 27.8. The lowest BCUT2D eigenvalue weighted by molar-refractivity contribution is 0.302. The quantitative estimate of drug-likeness (QED) is 0.710. The van der Waals surface area contributed by atoms with Gasteiger partial charge in [-0.2, -0.15) is 0 Å². The van der Waals surface area contributed by atoms with Gasteiger partial charge in [0.2, 0.25) is 0 Å². The van der Waals surface area contributed by atoms with Crippen molar-refractivity contribution in [3.05, 3.63) is 0 Å². The molecule has 1 saturated carbocycles. The van der Waals surface area contributed by atoms with Crippen LogP contribution in [0.2, 0.25) is 0 Å². The van der Waals surface area contributed by atoms with Crippen LogP contribution in [0.15, 0.2) is 0 Å². The number of hydrogen-bond donors (Lipinski definition) is 2. The molecule has 90 valence electrons. The third-order valence-electron chi connectivity index (χ3n) is 3.56. The van der Waals surface area contributed by atoms with E-state index in [-0.39, 0.29) is 5.41 Å². The van der Waals surface area contributed by atoms with Gasteiger partial charge in [-0.1, -0.05) is 34.1 Å². The van der Waals surface area contributed by atoms with Crippen molar-refractivity contribution in [3.8, 4) is 0 Å². The molecule has 0 saturated heterocycles. The van der Waals surface area contributed by atoms with Crippen LogP contribution in [0.3, 0.4) is 0 Å². The molecule has 0 spiro atoms. The fourth-order valence-electron chi connectivity index (χ4n) is 2.04. The summed E-state index contributed by atoms with van der Waals surface area (Å²) < 4.78 is 0. The van der Waals surface area contributed by atoms with Crippen LogP contribution in [0.1, 0.15) is 53.4 Å². The molecule has 1 rings (SSSR count). The van der Waals surface area contributed by atoms with Crippen molar-refractivity contribution in [2.45, 2.75) is 65.5 Å². The Kier molecular flexibility index (Phi) is 4.60. The lowest BCUT2D eigenvalue weighted by atomic mass is 9.85. The van der Waals surface area contributed by atoms with Crippen molar-refractivity contribution in [2.75, 3.05) is 6.54 Å². The van der Waals surface area contributed by atoms with Crippen LogP contribution < -0.4 is 11.1 Å². The minimum atomic E-state index is 0.244. The molecular weight excluding hydrogens is 184 g/mol. The largest absolute Gasteiger partial charge is 0.327 e. The molecule has 0 amide bonds. The van der Waals surface area contributed by atoms with Crippen LogP contribution in [0.5, 0.6) is 0 Å². The summed E-state index contributed by atoms with van der Waals surface area (Å²) in [6, 6.07) is 1.12. The molecule has 1 aliphatic carbocycles. The summed E-state index contributed by atoms with van der Waals surface area (Å²) in [5.74, 6) is 0.959. The van der Waals surface area contributed by atoms with Gasteiger partial charge in [0.15, 0.2) is 0 Å². The first kappa shape index (κ1) is 13.0. The van der Waals surface area contributed by atoms with Crippen molar-refractivity contribution < 1.29 is 0 Å². The second kappa shape index (κ2) is 5.31. The van der Waals surface area contributed by atoms with Gasteiger partial charge in [0.25, 0.3) is 0 Å². The Morgan fingerprint density at radius 2 is 2.07 bits per heavy atom. The van der Waals surface area contributed by atoms with E-state index in [0.29, 0.717) is 6.04 Å². The van der Waals surface area contributed by atoms with Crippen LogP contribution in [-0.2, 0) is 0 Å². The zero-order valence-electron chi connectivity index (χ0n) is 10.8. The summed E-state index contributed by atoms with van der Waals surface area (Å²) >= 11 is 0. The molecule has 3 N–H and O–H groups in total. The van der Waals surface area contributed by atoms with E-state index < -0.39 is 0 Å². The first-order valence-electron chi connectivity index (χ1n) is 6.44. The van der Waals surface area contributed by atoms with Gasteiger partial charge >= 0.3 is 0 Å². The van der Waals surface area contributed by atoms with Crippen molar-refractivity contribution in [1.82, 2.24) is 5.32 Å². The first-order chi connectivity index (χ1) is 6.95. The molecule has 0 aromatic carbocycles. The van der Waals surface area contributed by atoms with Crippen molar-refractivity contribution in [1.29, 1.82) is 0 Å². The topological polar surface area (TPSA) is 38.0 Å². The van der Waals surface area contributed by atoms with E-state index in [4.69, 9.17) is 5.73 Å². The van der Waals surface area contributed by atoms with Gasteiger partial charge in [0.05, 0.1) is 0 Å². The van der Waals surface area contributed by atoms with E-state index in [2.05, 4.69) is 33.0 Å². The lowest BCUT2D eigenvalue weighted by Gasteiger charge is -2.27. The van der Waals surface area contributed by atoms with Gasteiger partial charge in [-0.05, 0) is 37.1 Å². The van der Waals surface area contributed by atoms with E-state index >= 15 is 0 Å². The standard InChI is InChI=1S/C13H28N2/c1-5-6-10-9-11(10)15-8-7-12(14)13(2,3)4/h10-12,15H,5-9,14H2,1-4H3. The summed E-state index contributed by atoms with van der Waals surface area (Å²) in [5, 5.41) is 3.61. The molecule has 0 radical (unpaired) electrons. The molecular formula is C13H28N2. The molecule has 3 atom stereocenters. The van der Waals surface area contributed by atoms with Crippen LogP contribution in [0, 0.1) is 11.3 Å². The SMILES string of the molecule is CCCC1CC1NCCC(N)C(C)(C)C. The smallest absolute Gasteiger partial charge is 0.00997 e. The van der Waals surface area contributed by atoms with Crippen molar-refractivity contribution in [2.24, 2.45) is 17.1 Å². The third kappa shape index (κ3) is 4.52. The van der Waals surface area contributed by atoms with Crippen molar-refractivity contribution >= 4 is 0 Å². The zero-order valence-corrected chi connectivity index (χ0v) is 10.8. The van der Waals surface area contributed by atoms with Crippen LogP contribution in [0.4, 0.5) is 0 Å². The average Bonchev–Trinajstić information content (AvgIpc) is 2.82. The van der Waals surface area contributed by atoms with Crippen LogP contribution >= 0.6 is 0 Å². The minimum absolute atomic E-state index is 0.244. The Balaban J connectivity index is 2.03. The van der Waals surface area contributed by atoms with Gasteiger partial charge in [-0.25, -0.2) is 0 Å². The van der Waals surface area contributed by atoms with Gasteiger partial charge in [0, 0.05) is 12.1 Å². The zero-order chi connectivity index (χ0) is 11.5. The maximum atomic E-state index is 6.11. The summed E-state index contributed by atoms with van der Waals surface area (Å²) in [6.07, 6.45) is 5.20. The molecule has 0 aliphatic heterocycles. The van der Waals surface area contributed by atoms with Gasteiger partial charge < -0.3 is 11.1 Å². The molecule has 15 heavy (non-hydrogen) atoms. The molecule has 1 aliphatic rings. The second-order valence-electron chi connectivity index (χ2n) is 6.11. The highest BCUT2D eigenvalue weighted by atomic mass is 15.0. The monoisotopic (exact) mass is 212 g/mol. The maximum Gasteiger partial charge on any atom is 0.00997 e. The van der Waals surface area contributed by atoms with Gasteiger partial charge in [-0.3, -0.25) is 0 Å². The Morgan fingerprint density at radius 3 is 2.60 bits per heavy atom. The summed E-state index contributed by atoms with van der Waals surface area (Å²) in [5.41, 5.74) is 6.35. The lowest BCUT2D eigenvalue weighted by Crippen LogP contribution is -2.38. The summed E-state index contributed by atoms with van der Waals surface area (Å²) in [6.45, 7) is 10.0. The molecule has 0 bridgehead atoms. The molecule has 2 nitrogen and oxygen atoms in total. The number of nitrogens with two attached hydrogens (primary N) is 1. The average molecular weight is 212 g/mol. The molecule has 3 unspecified atom stereocenters. The van der Waals surface area contributed by atoms with Crippen LogP contribution in [0.25, 0.3) is 0 Å². The number of hydrogen-bond acceptors (Lipinski definition) is 2. The first-order valence-corrected chi connectivity index (χ1v) is 6.44. The predicted molar refractivity (Wildman–Crippen MR) is 66.9 cm³/mol. The van der Waals surface area contributed by atoms with E-state index in [1.165, 1.54) is 19.3 Å². The Bertz CT molecular complexity index is 183. The maximum absolute atomic E-state index is 6.11. The van der Waals surface area contributed by atoms with E-state index in [1.807, 2.05) is 0 Å². The Morgan fingerprint density at radius 1 is 1.40 bits per heavy atom. The number of rotatable bonds is 6. The fraction of sp³-hybridized carbons (Fsp3) is 1.00. The summed E-state index contributed by atoms with van der Waals surface area (Å²) in [4.78, 5) is 0. The van der Waals surface area contributed by atoms with E-state index in [1.54, 1.807) is 0 Å². The van der Waals surface area contributed by atoms with E-state index in [9.17, 15) is 0 Å². The van der Waals surface area contributed by atoms with Gasteiger partial charge in [0.1, 0.15) is 0 Å². The highest BCUT2D eigenvalue weighted by molar-refractivity contribution is 4.92. The molecule has 2 heteroatoms. The molecule has 0 aromatic rings. The highest BCUT2D eigenvalue weighted by Crippen LogP contribution is 2.34. The van der Waals surface area contributed by atoms with Gasteiger partial charge in [-0.15, -0.1) is 0 Å². The van der Waals surface area contributed by atoms with E-state index in [0.717, 1.165) is 24.9 Å². The minimum Gasteiger partial charge on any atom is -0.327 e.